The van der Waals surface area contributed by atoms with Crippen LogP contribution in [0.1, 0.15) is 71.1 Å². The van der Waals surface area contributed by atoms with Gasteiger partial charge in [-0.25, -0.2) is 0 Å². The van der Waals surface area contributed by atoms with Gasteiger partial charge in [-0.1, -0.05) is 39.0 Å². The average molecular weight is 267 g/mol. The first kappa shape index (κ1) is 14.8. The van der Waals surface area contributed by atoms with Crippen LogP contribution in [0.2, 0.25) is 0 Å². The second-order valence-corrected chi connectivity index (χ2v) is 6.74. The highest BCUT2D eigenvalue weighted by molar-refractivity contribution is 5.82. The molecule has 0 aliphatic heterocycles. The smallest absolute Gasteiger partial charge is 0.226 e. The maximum atomic E-state index is 12.5. The predicted octanol–water partition coefficient (Wildman–Crippen LogP) is 3.02. The zero-order chi connectivity index (χ0) is 13.8. The van der Waals surface area contributed by atoms with Gasteiger partial charge in [0.2, 0.25) is 5.91 Å². The molecular formula is C16H29NO2. The molecule has 1 amide bonds. The predicted molar refractivity (Wildman–Crippen MR) is 76.8 cm³/mol. The third-order valence-corrected chi connectivity index (χ3v) is 5.59. The minimum absolute atomic E-state index is 0.0402. The summed E-state index contributed by atoms with van der Waals surface area (Å²) in [6, 6.07) is 0. The highest BCUT2D eigenvalue weighted by Crippen LogP contribution is 2.41. The Morgan fingerprint density at radius 3 is 2.16 bits per heavy atom. The van der Waals surface area contributed by atoms with Gasteiger partial charge in [-0.15, -0.1) is 0 Å². The first-order valence-corrected chi connectivity index (χ1v) is 8.06. The molecule has 0 unspecified atom stereocenters. The van der Waals surface area contributed by atoms with Crippen molar-refractivity contribution in [2.75, 3.05) is 13.2 Å². The number of carbonyl (C=O) groups is 1. The van der Waals surface area contributed by atoms with E-state index in [9.17, 15) is 9.90 Å². The molecule has 2 saturated carbocycles. The van der Waals surface area contributed by atoms with Crippen molar-refractivity contribution in [2.24, 2.45) is 10.8 Å². The van der Waals surface area contributed by atoms with Gasteiger partial charge in [0.25, 0.3) is 0 Å². The van der Waals surface area contributed by atoms with Crippen molar-refractivity contribution in [1.82, 2.24) is 5.32 Å². The molecule has 0 saturated heterocycles. The molecule has 0 aromatic rings. The molecule has 3 nitrogen and oxygen atoms in total. The second-order valence-electron chi connectivity index (χ2n) is 6.74. The summed E-state index contributed by atoms with van der Waals surface area (Å²) in [4.78, 5) is 12.5. The van der Waals surface area contributed by atoms with Crippen molar-refractivity contribution in [3.8, 4) is 0 Å². The van der Waals surface area contributed by atoms with E-state index in [1.54, 1.807) is 0 Å². The van der Waals surface area contributed by atoms with Crippen molar-refractivity contribution < 1.29 is 9.90 Å². The first-order chi connectivity index (χ1) is 9.16. The van der Waals surface area contributed by atoms with Crippen LogP contribution in [0.25, 0.3) is 0 Å². The molecule has 0 atom stereocenters. The molecule has 0 radical (unpaired) electrons. The lowest BCUT2D eigenvalue weighted by atomic mass is 9.74. The van der Waals surface area contributed by atoms with Crippen LogP contribution in [-0.2, 0) is 4.79 Å². The van der Waals surface area contributed by atoms with Crippen molar-refractivity contribution in [2.45, 2.75) is 71.1 Å². The molecule has 2 aliphatic carbocycles. The monoisotopic (exact) mass is 267 g/mol. The molecule has 0 heterocycles. The fourth-order valence-corrected chi connectivity index (χ4v) is 3.94. The third-order valence-electron chi connectivity index (χ3n) is 5.59. The normalized spacial score (nSPS) is 25.2. The summed E-state index contributed by atoms with van der Waals surface area (Å²) in [5, 5.41) is 12.9. The fraction of sp³-hybridized carbons (Fsp3) is 0.938. The van der Waals surface area contributed by atoms with Crippen LogP contribution in [0.3, 0.4) is 0 Å². The number of hydrogen-bond acceptors (Lipinski definition) is 2. The van der Waals surface area contributed by atoms with Crippen LogP contribution >= 0.6 is 0 Å². The van der Waals surface area contributed by atoms with Crippen molar-refractivity contribution in [1.29, 1.82) is 0 Å². The second kappa shape index (κ2) is 6.25. The number of rotatable bonds is 5. The lowest BCUT2D eigenvalue weighted by molar-refractivity contribution is -0.131. The minimum atomic E-state index is -0.106. The van der Waals surface area contributed by atoms with E-state index in [1.165, 1.54) is 32.1 Å². The largest absolute Gasteiger partial charge is 0.396 e. The highest BCUT2D eigenvalue weighted by Gasteiger charge is 2.40. The van der Waals surface area contributed by atoms with E-state index >= 15 is 0 Å². The molecule has 2 aliphatic rings. The quantitative estimate of drug-likeness (QED) is 0.804. The zero-order valence-corrected chi connectivity index (χ0v) is 12.3. The van der Waals surface area contributed by atoms with Gasteiger partial charge in [0, 0.05) is 17.4 Å². The van der Waals surface area contributed by atoms with E-state index in [-0.39, 0.29) is 23.3 Å². The average Bonchev–Trinajstić information content (AvgIpc) is 2.96. The Kier molecular flexibility index (Phi) is 4.88. The van der Waals surface area contributed by atoms with Gasteiger partial charge in [-0.3, -0.25) is 4.79 Å². The Balaban J connectivity index is 1.91. The molecule has 2 rings (SSSR count). The summed E-state index contributed by atoms with van der Waals surface area (Å²) in [5.41, 5.74) is -0.146. The zero-order valence-electron chi connectivity index (χ0n) is 12.3. The van der Waals surface area contributed by atoms with Crippen LogP contribution in [0.15, 0.2) is 0 Å². The lowest BCUT2D eigenvalue weighted by Crippen LogP contribution is -2.46. The van der Waals surface area contributed by atoms with Gasteiger partial charge in [0.05, 0.1) is 6.61 Å². The molecule has 2 N–H and O–H groups in total. The Bertz CT molecular complexity index is 302. The summed E-state index contributed by atoms with van der Waals surface area (Å²) in [6.45, 7) is 3.02. The summed E-state index contributed by atoms with van der Waals surface area (Å²) in [6.07, 6.45) is 11.2. The molecule has 0 bridgehead atoms. The van der Waals surface area contributed by atoms with Crippen LogP contribution in [0, 0.1) is 10.8 Å². The highest BCUT2D eigenvalue weighted by atomic mass is 16.3. The van der Waals surface area contributed by atoms with Crippen molar-refractivity contribution in [3.05, 3.63) is 0 Å². The van der Waals surface area contributed by atoms with E-state index < -0.39 is 0 Å². The van der Waals surface area contributed by atoms with Gasteiger partial charge in [0.1, 0.15) is 0 Å². The first-order valence-electron chi connectivity index (χ1n) is 8.06. The van der Waals surface area contributed by atoms with Crippen LogP contribution in [0.5, 0.6) is 0 Å². The van der Waals surface area contributed by atoms with E-state index in [0.717, 1.165) is 32.1 Å². The van der Waals surface area contributed by atoms with Gasteiger partial charge < -0.3 is 10.4 Å². The molecule has 0 aromatic heterocycles. The van der Waals surface area contributed by atoms with Crippen LogP contribution in [-0.4, -0.2) is 24.2 Å². The number of amides is 1. The summed E-state index contributed by atoms with van der Waals surface area (Å²) >= 11 is 0. The molecule has 0 aromatic carbocycles. The fourth-order valence-electron chi connectivity index (χ4n) is 3.94. The number of aliphatic hydroxyl groups is 1. The Hall–Kier alpha value is -0.570. The lowest BCUT2D eigenvalue weighted by Gasteiger charge is -2.37. The molecule has 110 valence electrons. The maximum absolute atomic E-state index is 12.5. The number of nitrogens with one attached hydrogen (secondary N) is 1. The Labute approximate surface area is 117 Å². The Morgan fingerprint density at radius 2 is 1.63 bits per heavy atom. The molecule has 2 fully saturated rings. The van der Waals surface area contributed by atoms with Crippen LogP contribution < -0.4 is 5.32 Å². The van der Waals surface area contributed by atoms with Crippen molar-refractivity contribution in [3.63, 3.8) is 0 Å². The standard InChI is InChI=1S/C16H29NO2/c1-2-16(10-6-7-11-16)14(19)17-12-15(13-18)8-4-3-5-9-15/h18H,2-13H2,1H3,(H,17,19). The van der Waals surface area contributed by atoms with Gasteiger partial charge in [-0.05, 0) is 32.1 Å². The van der Waals surface area contributed by atoms with E-state index in [0.29, 0.717) is 6.54 Å². The van der Waals surface area contributed by atoms with E-state index in [1.807, 2.05) is 0 Å². The van der Waals surface area contributed by atoms with Crippen molar-refractivity contribution >= 4 is 5.91 Å². The SMILES string of the molecule is CCC1(C(=O)NCC2(CO)CCCCC2)CCCC1. The maximum Gasteiger partial charge on any atom is 0.226 e. The summed E-state index contributed by atoms with van der Waals surface area (Å²) in [7, 11) is 0. The topological polar surface area (TPSA) is 49.3 Å². The van der Waals surface area contributed by atoms with E-state index in [4.69, 9.17) is 0 Å². The summed E-state index contributed by atoms with van der Waals surface area (Å²) < 4.78 is 0. The number of carbonyl (C=O) groups excluding carboxylic acids is 1. The van der Waals surface area contributed by atoms with Crippen LogP contribution in [0.4, 0.5) is 0 Å². The van der Waals surface area contributed by atoms with E-state index in [2.05, 4.69) is 12.2 Å². The number of hydrogen-bond donors (Lipinski definition) is 2. The van der Waals surface area contributed by atoms with Gasteiger partial charge >= 0.3 is 0 Å². The third kappa shape index (κ3) is 3.13. The minimum Gasteiger partial charge on any atom is -0.396 e. The number of aliphatic hydroxyl groups excluding tert-OH is 1. The van der Waals surface area contributed by atoms with Gasteiger partial charge in [0.15, 0.2) is 0 Å². The molecule has 0 spiro atoms. The molecule has 3 heteroatoms. The molecule has 19 heavy (non-hydrogen) atoms. The summed E-state index contributed by atoms with van der Waals surface area (Å²) in [5.74, 6) is 0.242. The Morgan fingerprint density at radius 1 is 1.05 bits per heavy atom. The van der Waals surface area contributed by atoms with Gasteiger partial charge in [-0.2, -0.15) is 0 Å². The molecular weight excluding hydrogens is 238 g/mol.